The van der Waals surface area contributed by atoms with Gasteiger partial charge in [-0.2, -0.15) is 0 Å². The van der Waals surface area contributed by atoms with Gasteiger partial charge in [0.25, 0.3) is 0 Å². The minimum absolute atomic E-state index is 0.360. The lowest BCUT2D eigenvalue weighted by Gasteiger charge is -2.31. The van der Waals surface area contributed by atoms with Gasteiger partial charge >= 0.3 is 0 Å². The number of piperidine rings is 1. The Morgan fingerprint density at radius 2 is 2.16 bits per heavy atom. The summed E-state index contributed by atoms with van der Waals surface area (Å²) in [5.74, 6) is 1.10. The van der Waals surface area contributed by atoms with Crippen molar-refractivity contribution in [1.82, 2.24) is 9.55 Å². The molecule has 0 bridgehead atoms. The lowest BCUT2D eigenvalue weighted by Crippen LogP contribution is -2.40. The minimum Gasteiger partial charge on any atom is -0.382 e. The Morgan fingerprint density at radius 1 is 1.42 bits per heavy atom. The van der Waals surface area contributed by atoms with Gasteiger partial charge in [-0.25, -0.2) is 4.98 Å². The summed E-state index contributed by atoms with van der Waals surface area (Å²) < 4.78 is 7.65. The normalized spacial score (nSPS) is 17.1. The van der Waals surface area contributed by atoms with E-state index in [1.165, 1.54) is 0 Å². The maximum atomic E-state index is 5.96. The Hall–Kier alpha value is -1.07. The molecule has 2 rings (SSSR count). The zero-order valence-electron chi connectivity index (χ0n) is 12.1. The zero-order valence-corrected chi connectivity index (χ0v) is 12.1. The number of hydrogen-bond donors (Lipinski definition) is 1. The van der Waals surface area contributed by atoms with Crippen LogP contribution in [-0.2, 0) is 11.3 Å². The van der Waals surface area contributed by atoms with Gasteiger partial charge in [-0.1, -0.05) is 0 Å². The van der Waals surface area contributed by atoms with E-state index >= 15 is 0 Å². The van der Waals surface area contributed by atoms with Crippen molar-refractivity contribution in [2.24, 2.45) is 5.73 Å². The monoisotopic (exact) mass is 266 g/mol. The number of anilines is 1. The van der Waals surface area contributed by atoms with Crippen LogP contribution in [0.4, 0.5) is 5.95 Å². The van der Waals surface area contributed by atoms with Gasteiger partial charge in [0.05, 0.1) is 5.69 Å². The molecular formula is C14H26N4O. The average Bonchev–Trinajstić information content (AvgIpc) is 2.77. The highest BCUT2D eigenvalue weighted by molar-refractivity contribution is 5.34. The standard InChI is InChI=1S/C14H26N4O/c1-3-19-10-4-7-18-11-12(2)16-14(18)17-8-5-13(15)6-9-17/h11,13H,3-10,15H2,1-2H3. The second kappa shape index (κ2) is 6.91. The van der Waals surface area contributed by atoms with Crippen LogP contribution in [0, 0.1) is 6.92 Å². The van der Waals surface area contributed by atoms with Crippen LogP contribution in [0.2, 0.25) is 0 Å². The topological polar surface area (TPSA) is 56.3 Å². The van der Waals surface area contributed by atoms with Crippen LogP contribution < -0.4 is 10.6 Å². The summed E-state index contributed by atoms with van der Waals surface area (Å²) in [4.78, 5) is 7.02. The molecule has 1 aromatic rings. The number of aromatic nitrogens is 2. The highest BCUT2D eigenvalue weighted by atomic mass is 16.5. The van der Waals surface area contributed by atoms with Gasteiger partial charge < -0.3 is 19.9 Å². The molecule has 0 spiro atoms. The molecule has 19 heavy (non-hydrogen) atoms. The number of nitrogens with two attached hydrogens (primary N) is 1. The summed E-state index contributed by atoms with van der Waals surface area (Å²) in [6.07, 6.45) is 5.29. The molecule has 0 atom stereocenters. The van der Waals surface area contributed by atoms with Gasteiger partial charge in [-0.3, -0.25) is 0 Å². The molecule has 1 fully saturated rings. The maximum Gasteiger partial charge on any atom is 0.205 e. The largest absolute Gasteiger partial charge is 0.382 e. The molecule has 1 saturated heterocycles. The summed E-state index contributed by atoms with van der Waals surface area (Å²) in [5, 5.41) is 0. The Labute approximate surface area is 115 Å². The first kappa shape index (κ1) is 14.3. The van der Waals surface area contributed by atoms with Crippen LogP contribution in [0.1, 0.15) is 31.9 Å². The molecule has 0 radical (unpaired) electrons. The first-order valence-electron chi connectivity index (χ1n) is 7.32. The lowest BCUT2D eigenvalue weighted by atomic mass is 10.1. The van der Waals surface area contributed by atoms with Crippen molar-refractivity contribution in [3.05, 3.63) is 11.9 Å². The van der Waals surface area contributed by atoms with Crippen LogP contribution in [0.25, 0.3) is 0 Å². The fourth-order valence-corrected chi connectivity index (χ4v) is 2.53. The van der Waals surface area contributed by atoms with Crippen LogP contribution in [0.3, 0.4) is 0 Å². The first-order valence-corrected chi connectivity index (χ1v) is 7.32. The van der Waals surface area contributed by atoms with Crippen LogP contribution >= 0.6 is 0 Å². The van der Waals surface area contributed by atoms with E-state index in [1.807, 2.05) is 6.92 Å². The summed E-state index contributed by atoms with van der Waals surface area (Å²) in [6, 6.07) is 0.360. The Bertz CT molecular complexity index is 383. The number of ether oxygens (including phenoxy) is 1. The average molecular weight is 266 g/mol. The van der Waals surface area contributed by atoms with E-state index in [-0.39, 0.29) is 0 Å². The van der Waals surface area contributed by atoms with Crippen molar-refractivity contribution in [3.8, 4) is 0 Å². The summed E-state index contributed by atoms with van der Waals surface area (Å²) in [6.45, 7) is 8.70. The van der Waals surface area contributed by atoms with Crippen LogP contribution in [0.15, 0.2) is 6.20 Å². The number of aryl methyl sites for hydroxylation is 2. The summed E-state index contributed by atoms with van der Waals surface area (Å²) in [7, 11) is 0. The van der Waals surface area contributed by atoms with Crippen LogP contribution in [0.5, 0.6) is 0 Å². The van der Waals surface area contributed by atoms with Crippen molar-refractivity contribution in [2.75, 3.05) is 31.2 Å². The van der Waals surface area contributed by atoms with E-state index < -0.39 is 0 Å². The van der Waals surface area contributed by atoms with E-state index in [9.17, 15) is 0 Å². The SMILES string of the molecule is CCOCCCn1cc(C)nc1N1CCC(N)CC1. The van der Waals surface area contributed by atoms with Gasteiger partial charge in [0.2, 0.25) is 5.95 Å². The smallest absolute Gasteiger partial charge is 0.205 e. The third kappa shape index (κ3) is 3.94. The van der Waals surface area contributed by atoms with Gasteiger partial charge in [-0.15, -0.1) is 0 Å². The number of hydrogen-bond acceptors (Lipinski definition) is 4. The third-order valence-corrected chi connectivity index (χ3v) is 3.59. The quantitative estimate of drug-likeness (QED) is 0.794. The van der Waals surface area contributed by atoms with Gasteiger partial charge in [0.1, 0.15) is 0 Å². The highest BCUT2D eigenvalue weighted by Gasteiger charge is 2.20. The molecule has 5 nitrogen and oxygen atoms in total. The second-order valence-corrected chi connectivity index (χ2v) is 5.25. The molecule has 0 aromatic carbocycles. The predicted octanol–water partition coefficient (Wildman–Crippen LogP) is 1.55. The molecule has 1 aliphatic rings. The maximum absolute atomic E-state index is 5.96. The lowest BCUT2D eigenvalue weighted by molar-refractivity contribution is 0.141. The molecule has 108 valence electrons. The molecule has 0 saturated carbocycles. The van der Waals surface area contributed by atoms with Crippen molar-refractivity contribution < 1.29 is 4.74 Å². The van der Waals surface area contributed by atoms with Crippen molar-refractivity contribution in [3.63, 3.8) is 0 Å². The highest BCUT2D eigenvalue weighted by Crippen LogP contribution is 2.19. The first-order chi connectivity index (χ1) is 9.20. The molecule has 0 aliphatic carbocycles. The second-order valence-electron chi connectivity index (χ2n) is 5.25. The van der Waals surface area contributed by atoms with Crippen molar-refractivity contribution in [1.29, 1.82) is 0 Å². The molecular weight excluding hydrogens is 240 g/mol. The number of nitrogens with zero attached hydrogens (tertiary/aromatic N) is 3. The molecule has 1 aliphatic heterocycles. The van der Waals surface area contributed by atoms with E-state index in [0.29, 0.717) is 6.04 Å². The van der Waals surface area contributed by atoms with E-state index in [4.69, 9.17) is 10.5 Å². The van der Waals surface area contributed by atoms with Gasteiger partial charge in [-0.05, 0) is 33.1 Å². The number of rotatable bonds is 6. The molecule has 0 amide bonds. The fraction of sp³-hybridized carbons (Fsp3) is 0.786. The Kier molecular flexibility index (Phi) is 5.22. The third-order valence-electron chi connectivity index (χ3n) is 3.59. The molecule has 0 unspecified atom stereocenters. The van der Waals surface area contributed by atoms with E-state index in [1.54, 1.807) is 0 Å². The van der Waals surface area contributed by atoms with Crippen molar-refractivity contribution >= 4 is 5.95 Å². The predicted molar refractivity (Wildman–Crippen MR) is 77.5 cm³/mol. The molecule has 2 N–H and O–H groups in total. The minimum atomic E-state index is 0.360. The Morgan fingerprint density at radius 3 is 2.84 bits per heavy atom. The van der Waals surface area contributed by atoms with Gasteiger partial charge in [0.15, 0.2) is 0 Å². The zero-order chi connectivity index (χ0) is 13.7. The molecule has 2 heterocycles. The van der Waals surface area contributed by atoms with Gasteiger partial charge in [0, 0.05) is 45.1 Å². The van der Waals surface area contributed by atoms with Crippen LogP contribution in [-0.4, -0.2) is 41.9 Å². The summed E-state index contributed by atoms with van der Waals surface area (Å²) in [5.41, 5.74) is 7.05. The molecule has 5 heteroatoms. The Balaban J connectivity index is 1.95. The van der Waals surface area contributed by atoms with E-state index in [0.717, 1.165) is 63.8 Å². The fourth-order valence-electron chi connectivity index (χ4n) is 2.53. The van der Waals surface area contributed by atoms with Crippen molar-refractivity contribution in [2.45, 2.75) is 45.7 Å². The summed E-state index contributed by atoms with van der Waals surface area (Å²) >= 11 is 0. The number of imidazole rings is 1. The van der Waals surface area contributed by atoms with E-state index in [2.05, 4.69) is 27.6 Å². The molecule has 1 aromatic heterocycles.